The average Bonchev–Trinajstić information content (AvgIpc) is 2.48. The Morgan fingerprint density at radius 1 is 1.33 bits per heavy atom. The molecule has 5 heteroatoms. The van der Waals surface area contributed by atoms with Crippen molar-refractivity contribution in [3.05, 3.63) is 24.3 Å². The first-order valence-corrected chi connectivity index (χ1v) is 7.98. The van der Waals surface area contributed by atoms with Crippen molar-refractivity contribution in [3.8, 4) is 0 Å². The SMILES string of the molecule is CCC(=O)NC(=S)Nc1ccc(N2CCCCC2C)cc1. The van der Waals surface area contributed by atoms with Crippen LogP contribution in [0.2, 0.25) is 0 Å². The zero-order valence-electron chi connectivity index (χ0n) is 12.7. The minimum atomic E-state index is -0.0775. The lowest BCUT2D eigenvalue weighted by Crippen LogP contribution is -2.37. The van der Waals surface area contributed by atoms with E-state index >= 15 is 0 Å². The van der Waals surface area contributed by atoms with Gasteiger partial charge in [-0.05, 0) is 62.7 Å². The number of amides is 1. The monoisotopic (exact) mass is 305 g/mol. The molecule has 1 amide bonds. The summed E-state index contributed by atoms with van der Waals surface area (Å²) in [4.78, 5) is 13.7. The van der Waals surface area contributed by atoms with Crippen LogP contribution in [-0.2, 0) is 4.79 Å². The summed E-state index contributed by atoms with van der Waals surface area (Å²) in [5, 5.41) is 6.01. The van der Waals surface area contributed by atoms with Crippen molar-refractivity contribution in [1.29, 1.82) is 0 Å². The molecule has 1 aliphatic rings. The Bertz CT molecular complexity index is 501. The van der Waals surface area contributed by atoms with E-state index in [-0.39, 0.29) is 5.91 Å². The van der Waals surface area contributed by atoms with Crippen LogP contribution >= 0.6 is 12.2 Å². The van der Waals surface area contributed by atoms with Gasteiger partial charge in [-0.1, -0.05) is 6.92 Å². The van der Waals surface area contributed by atoms with Crippen LogP contribution in [0.3, 0.4) is 0 Å². The Balaban J connectivity index is 1.95. The molecule has 1 fully saturated rings. The molecule has 0 saturated carbocycles. The molecule has 2 N–H and O–H groups in total. The summed E-state index contributed by atoms with van der Waals surface area (Å²) < 4.78 is 0. The first-order valence-electron chi connectivity index (χ1n) is 7.57. The molecule has 0 radical (unpaired) electrons. The van der Waals surface area contributed by atoms with Gasteiger partial charge in [-0.25, -0.2) is 0 Å². The Hall–Kier alpha value is -1.62. The fraction of sp³-hybridized carbons (Fsp3) is 0.500. The van der Waals surface area contributed by atoms with Crippen LogP contribution in [0.5, 0.6) is 0 Å². The molecule has 1 aromatic rings. The van der Waals surface area contributed by atoms with Crippen molar-refractivity contribution in [2.45, 2.75) is 45.6 Å². The standard InChI is InChI=1S/C16H23N3OS/c1-3-15(20)18-16(21)17-13-7-9-14(10-8-13)19-11-5-4-6-12(19)2/h7-10,12H,3-6,11H2,1-2H3,(H2,17,18,20,21). The number of nitrogens with one attached hydrogen (secondary N) is 2. The highest BCUT2D eigenvalue weighted by molar-refractivity contribution is 7.80. The molecule has 1 heterocycles. The molecule has 1 atom stereocenters. The van der Waals surface area contributed by atoms with E-state index in [0.717, 1.165) is 12.2 Å². The number of thiocarbonyl (C=S) groups is 1. The third-order valence-electron chi connectivity index (χ3n) is 3.83. The van der Waals surface area contributed by atoms with Gasteiger partial charge in [0.2, 0.25) is 5.91 Å². The van der Waals surface area contributed by atoms with Gasteiger partial charge in [-0.3, -0.25) is 4.79 Å². The summed E-state index contributed by atoms with van der Waals surface area (Å²) in [6, 6.07) is 8.81. The second kappa shape index (κ2) is 7.41. The number of hydrogen-bond acceptors (Lipinski definition) is 3. The molecule has 114 valence electrons. The van der Waals surface area contributed by atoms with Crippen molar-refractivity contribution in [2.24, 2.45) is 0 Å². The van der Waals surface area contributed by atoms with Crippen LogP contribution in [-0.4, -0.2) is 23.6 Å². The second-order valence-electron chi connectivity index (χ2n) is 5.44. The fourth-order valence-corrected chi connectivity index (χ4v) is 2.83. The molecule has 21 heavy (non-hydrogen) atoms. The summed E-state index contributed by atoms with van der Waals surface area (Å²) in [5.74, 6) is -0.0775. The van der Waals surface area contributed by atoms with Crippen LogP contribution < -0.4 is 15.5 Å². The number of carbonyl (C=O) groups is 1. The third kappa shape index (κ3) is 4.43. The summed E-state index contributed by atoms with van der Waals surface area (Å²) >= 11 is 5.10. The maximum Gasteiger partial charge on any atom is 0.225 e. The highest BCUT2D eigenvalue weighted by Crippen LogP contribution is 2.25. The van der Waals surface area contributed by atoms with Gasteiger partial charge in [0.1, 0.15) is 0 Å². The molecule has 1 aromatic carbocycles. The summed E-state index contributed by atoms with van der Waals surface area (Å²) in [6.45, 7) is 5.20. The molecule has 0 spiro atoms. The van der Waals surface area contributed by atoms with Gasteiger partial charge in [0.25, 0.3) is 0 Å². The number of anilines is 2. The molecule has 4 nitrogen and oxygen atoms in total. The van der Waals surface area contributed by atoms with Crippen molar-refractivity contribution in [3.63, 3.8) is 0 Å². The lowest BCUT2D eigenvalue weighted by atomic mass is 10.0. The van der Waals surface area contributed by atoms with Crippen LogP contribution in [0, 0.1) is 0 Å². The minimum absolute atomic E-state index is 0.0775. The van der Waals surface area contributed by atoms with E-state index in [2.05, 4.69) is 34.6 Å². The molecule has 0 bridgehead atoms. The van der Waals surface area contributed by atoms with Crippen LogP contribution in [0.25, 0.3) is 0 Å². The van der Waals surface area contributed by atoms with E-state index in [1.807, 2.05) is 12.1 Å². The molecule has 1 unspecified atom stereocenters. The number of rotatable bonds is 3. The van der Waals surface area contributed by atoms with E-state index in [1.165, 1.54) is 24.9 Å². The van der Waals surface area contributed by atoms with Crippen molar-refractivity contribution < 1.29 is 4.79 Å². The van der Waals surface area contributed by atoms with E-state index in [1.54, 1.807) is 6.92 Å². The summed E-state index contributed by atoms with van der Waals surface area (Å²) in [5.41, 5.74) is 2.14. The van der Waals surface area contributed by atoms with Gasteiger partial charge in [-0.2, -0.15) is 0 Å². The molecule has 2 rings (SSSR count). The number of carbonyl (C=O) groups excluding carboxylic acids is 1. The first kappa shape index (κ1) is 15.8. The molecule has 1 saturated heterocycles. The lowest BCUT2D eigenvalue weighted by Gasteiger charge is -2.35. The Labute approximate surface area is 131 Å². The van der Waals surface area contributed by atoms with Crippen LogP contribution in [0.1, 0.15) is 39.5 Å². The maximum atomic E-state index is 11.3. The average molecular weight is 305 g/mol. The quantitative estimate of drug-likeness (QED) is 0.841. The van der Waals surface area contributed by atoms with Crippen LogP contribution in [0.15, 0.2) is 24.3 Å². The molecule has 0 aliphatic carbocycles. The lowest BCUT2D eigenvalue weighted by molar-refractivity contribution is -0.119. The number of piperidine rings is 1. The topological polar surface area (TPSA) is 44.4 Å². The largest absolute Gasteiger partial charge is 0.369 e. The molecular weight excluding hydrogens is 282 g/mol. The Kier molecular flexibility index (Phi) is 5.56. The first-order chi connectivity index (χ1) is 10.1. The van der Waals surface area contributed by atoms with E-state index < -0.39 is 0 Å². The normalized spacial score (nSPS) is 18.2. The van der Waals surface area contributed by atoms with Gasteiger partial charge in [0.15, 0.2) is 5.11 Å². The van der Waals surface area contributed by atoms with Crippen molar-refractivity contribution in [1.82, 2.24) is 5.32 Å². The number of hydrogen-bond donors (Lipinski definition) is 2. The fourth-order valence-electron chi connectivity index (χ4n) is 2.60. The predicted octanol–water partition coefficient (Wildman–Crippen LogP) is 3.29. The molecule has 1 aliphatic heterocycles. The highest BCUT2D eigenvalue weighted by atomic mass is 32.1. The van der Waals surface area contributed by atoms with Gasteiger partial charge >= 0.3 is 0 Å². The zero-order valence-corrected chi connectivity index (χ0v) is 13.5. The highest BCUT2D eigenvalue weighted by Gasteiger charge is 2.18. The molecular formula is C16H23N3OS. The van der Waals surface area contributed by atoms with E-state index in [0.29, 0.717) is 17.6 Å². The maximum absolute atomic E-state index is 11.3. The zero-order chi connectivity index (χ0) is 15.2. The summed E-state index contributed by atoms with van der Waals surface area (Å²) in [7, 11) is 0. The van der Waals surface area contributed by atoms with Gasteiger partial charge < -0.3 is 15.5 Å². The molecule has 0 aromatic heterocycles. The Morgan fingerprint density at radius 3 is 2.67 bits per heavy atom. The number of nitrogens with zero attached hydrogens (tertiary/aromatic N) is 1. The third-order valence-corrected chi connectivity index (χ3v) is 4.04. The van der Waals surface area contributed by atoms with Gasteiger partial charge in [0, 0.05) is 30.4 Å². The van der Waals surface area contributed by atoms with Crippen molar-refractivity contribution in [2.75, 3.05) is 16.8 Å². The minimum Gasteiger partial charge on any atom is -0.369 e. The predicted molar refractivity (Wildman–Crippen MR) is 91.8 cm³/mol. The van der Waals surface area contributed by atoms with Crippen molar-refractivity contribution >= 4 is 34.6 Å². The smallest absolute Gasteiger partial charge is 0.225 e. The van der Waals surface area contributed by atoms with Gasteiger partial charge in [-0.15, -0.1) is 0 Å². The van der Waals surface area contributed by atoms with E-state index in [9.17, 15) is 4.79 Å². The number of benzene rings is 1. The Morgan fingerprint density at radius 2 is 2.05 bits per heavy atom. The van der Waals surface area contributed by atoms with Crippen LogP contribution in [0.4, 0.5) is 11.4 Å². The van der Waals surface area contributed by atoms with Gasteiger partial charge in [0.05, 0.1) is 0 Å². The second-order valence-corrected chi connectivity index (χ2v) is 5.85. The summed E-state index contributed by atoms with van der Waals surface area (Å²) in [6.07, 6.45) is 4.26. The van der Waals surface area contributed by atoms with E-state index in [4.69, 9.17) is 12.2 Å².